The Morgan fingerprint density at radius 2 is 2.06 bits per heavy atom. The molecular weight excluding hydrogens is 244 g/mol. The van der Waals surface area contributed by atoms with E-state index in [2.05, 4.69) is 41.8 Å². The van der Waals surface area contributed by atoms with Gasteiger partial charge in [-0.1, -0.05) is 12.1 Å². The van der Waals surface area contributed by atoms with E-state index >= 15 is 0 Å². The number of rotatable bonds is 6. The molecule has 1 aliphatic rings. The van der Waals surface area contributed by atoms with Gasteiger partial charge < -0.3 is 10.6 Å². The van der Waals surface area contributed by atoms with Crippen LogP contribution in [0.25, 0.3) is 0 Å². The molecule has 18 heavy (non-hydrogen) atoms. The standard InChI is InChI=1S/C14H20N2OS/c1-10(15-2)11-3-7-13(8-4-11)18-9-14(17)16-12-5-6-12/h3-4,7-8,10,12,15H,5-6,9H2,1-2H3,(H,16,17). The Morgan fingerprint density at radius 1 is 1.39 bits per heavy atom. The highest BCUT2D eigenvalue weighted by Gasteiger charge is 2.22. The first-order chi connectivity index (χ1) is 8.69. The topological polar surface area (TPSA) is 41.1 Å². The number of thioether (sulfide) groups is 1. The minimum absolute atomic E-state index is 0.148. The number of hydrogen-bond acceptors (Lipinski definition) is 3. The highest BCUT2D eigenvalue weighted by atomic mass is 32.2. The van der Waals surface area contributed by atoms with E-state index in [4.69, 9.17) is 0 Å². The molecule has 1 unspecified atom stereocenters. The summed E-state index contributed by atoms with van der Waals surface area (Å²) in [6, 6.07) is 9.21. The third-order valence-electron chi connectivity index (χ3n) is 3.13. The molecule has 3 nitrogen and oxygen atoms in total. The zero-order chi connectivity index (χ0) is 13.0. The van der Waals surface area contributed by atoms with Crippen LogP contribution in [0.1, 0.15) is 31.4 Å². The summed E-state index contributed by atoms with van der Waals surface area (Å²) in [5.74, 6) is 0.660. The van der Waals surface area contributed by atoms with Gasteiger partial charge in [-0.25, -0.2) is 0 Å². The molecule has 0 aromatic heterocycles. The Hall–Kier alpha value is -1.00. The van der Waals surface area contributed by atoms with Crippen molar-refractivity contribution in [2.45, 2.75) is 36.7 Å². The predicted octanol–water partition coefficient (Wildman–Crippen LogP) is 2.34. The van der Waals surface area contributed by atoms with Crippen LogP contribution in [0.2, 0.25) is 0 Å². The molecule has 0 spiro atoms. The quantitative estimate of drug-likeness (QED) is 0.775. The molecule has 1 aromatic rings. The van der Waals surface area contributed by atoms with Gasteiger partial charge in [0.15, 0.2) is 0 Å². The van der Waals surface area contributed by atoms with Gasteiger partial charge in [0.05, 0.1) is 5.75 Å². The SMILES string of the molecule is CNC(C)c1ccc(SCC(=O)NC2CC2)cc1. The fourth-order valence-corrected chi connectivity index (χ4v) is 2.37. The largest absolute Gasteiger partial charge is 0.353 e. The van der Waals surface area contributed by atoms with E-state index in [9.17, 15) is 4.79 Å². The van der Waals surface area contributed by atoms with Crippen LogP contribution in [0.15, 0.2) is 29.2 Å². The lowest BCUT2D eigenvalue weighted by Gasteiger charge is -2.11. The van der Waals surface area contributed by atoms with Crippen LogP contribution in [0.5, 0.6) is 0 Å². The zero-order valence-electron chi connectivity index (χ0n) is 10.9. The number of nitrogens with one attached hydrogen (secondary N) is 2. The molecule has 0 heterocycles. The fraction of sp³-hybridized carbons (Fsp3) is 0.500. The molecule has 1 amide bonds. The van der Waals surface area contributed by atoms with Gasteiger partial charge in [0.2, 0.25) is 5.91 Å². The van der Waals surface area contributed by atoms with Gasteiger partial charge in [0.25, 0.3) is 0 Å². The molecule has 0 radical (unpaired) electrons. The van der Waals surface area contributed by atoms with E-state index in [0.717, 1.165) is 17.7 Å². The zero-order valence-corrected chi connectivity index (χ0v) is 11.7. The number of carbonyl (C=O) groups excluding carboxylic acids is 1. The summed E-state index contributed by atoms with van der Waals surface area (Å²) >= 11 is 1.59. The molecule has 1 fully saturated rings. The van der Waals surface area contributed by atoms with E-state index in [1.54, 1.807) is 11.8 Å². The van der Waals surface area contributed by atoms with Gasteiger partial charge in [-0.15, -0.1) is 11.8 Å². The van der Waals surface area contributed by atoms with Gasteiger partial charge in [0.1, 0.15) is 0 Å². The number of hydrogen-bond donors (Lipinski definition) is 2. The second-order valence-corrected chi connectivity index (χ2v) is 5.76. The first kappa shape index (κ1) is 13.4. The lowest BCUT2D eigenvalue weighted by molar-refractivity contribution is -0.118. The first-order valence-electron chi connectivity index (χ1n) is 6.38. The molecule has 2 rings (SSSR count). The van der Waals surface area contributed by atoms with Gasteiger partial charge in [-0.2, -0.15) is 0 Å². The Morgan fingerprint density at radius 3 is 2.61 bits per heavy atom. The number of benzene rings is 1. The highest BCUT2D eigenvalue weighted by molar-refractivity contribution is 8.00. The molecule has 1 aliphatic carbocycles. The van der Waals surface area contributed by atoms with Crippen molar-refractivity contribution in [2.75, 3.05) is 12.8 Å². The van der Waals surface area contributed by atoms with E-state index in [1.807, 2.05) is 7.05 Å². The number of carbonyl (C=O) groups is 1. The van der Waals surface area contributed by atoms with E-state index < -0.39 is 0 Å². The molecule has 0 bridgehead atoms. The Bertz CT molecular complexity index is 401. The maximum absolute atomic E-state index is 11.5. The van der Waals surface area contributed by atoms with Gasteiger partial charge in [-0.05, 0) is 44.5 Å². The van der Waals surface area contributed by atoms with E-state index in [1.165, 1.54) is 5.56 Å². The first-order valence-corrected chi connectivity index (χ1v) is 7.37. The molecule has 0 saturated heterocycles. The molecule has 4 heteroatoms. The van der Waals surface area contributed by atoms with Crippen molar-refractivity contribution < 1.29 is 4.79 Å². The van der Waals surface area contributed by atoms with Crippen molar-refractivity contribution in [1.29, 1.82) is 0 Å². The van der Waals surface area contributed by atoms with Gasteiger partial charge in [0, 0.05) is 17.0 Å². The molecule has 2 N–H and O–H groups in total. The van der Waals surface area contributed by atoms with Crippen LogP contribution in [0.3, 0.4) is 0 Å². The lowest BCUT2D eigenvalue weighted by Crippen LogP contribution is -2.26. The fourth-order valence-electron chi connectivity index (χ4n) is 1.67. The normalized spacial score (nSPS) is 16.3. The lowest BCUT2D eigenvalue weighted by atomic mass is 10.1. The van der Waals surface area contributed by atoms with Crippen LogP contribution in [-0.2, 0) is 4.79 Å². The molecule has 1 saturated carbocycles. The highest BCUT2D eigenvalue weighted by Crippen LogP contribution is 2.22. The summed E-state index contributed by atoms with van der Waals surface area (Å²) in [5, 5.41) is 6.20. The average molecular weight is 264 g/mol. The third kappa shape index (κ3) is 4.03. The molecule has 98 valence electrons. The average Bonchev–Trinajstić information content (AvgIpc) is 3.20. The minimum Gasteiger partial charge on any atom is -0.353 e. The van der Waals surface area contributed by atoms with Crippen LogP contribution in [-0.4, -0.2) is 24.7 Å². The molecule has 1 aromatic carbocycles. The van der Waals surface area contributed by atoms with Crippen molar-refractivity contribution in [3.63, 3.8) is 0 Å². The van der Waals surface area contributed by atoms with Crippen LogP contribution in [0.4, 0.5) is 0 Å². The maximum atomic E-state index is 11.5. The maximum Gasteiger partial charge on any atom is 0.230 e. The van der Waals surface area contributed by atoms with Gasteiger partial charge >= 0.3 is 0 Å². The van der Waals surface area contributed by atoms with Crippen molar-refractivity contribution in [3.8, 4) is 0 Å². The second kappa shape index (κ2) is 6.25. The summed E-state index contributed by atoms with van der Waals surface area (Å²) in [4.78, 5) is 12.7. The second-order valence-electron chi connectivity index (χ2n) is 4.71. The number of amides is 1. The Balaban J connectivity index is 1.80. The van der Waals surface area contributed by atoms with Crippen LogP contribution >= 0.6 is 11.8 Å². The van der Waals surface area contributed by atoms with Crippen molar-refractivity contribution in [1.82, 2.24) is 10.6 Å². The Labute approximate surface area is 113 Å². The van der Waals surface area contributed by atoms with Crippen LogP contribution in [0, 0.1) is 0 Å². The smallest absolute Gasteiger partial charge is 0.230 e. The summed E-state index contributed by atoms with van der Waals surface area (Å²) in [5.41, 5.74) is 1.27. The summed E-state index contributed by atoms with van der Waals surface area (Å²) in [6.45, 7) is 2.13. The summed E-state index contributed by atoms with van der Waals surface area (Å²) in [7, 11) is 1.95. The van der Waals surface area contributed by atoms with E-state index in [0.29, 0.717) is 17.8 Å². The van der Waals surface area contributed by atoms with Crippen LogP contribution < -0.4 is 10.6 Å². The summed E-state index contributed by atoms with van der Waals surface area (Å²) < 4.78 is 0. The summed E-state index contributed by atoms with van der Waals surface area (Å²) in [6.07, 6.45) is 2.29. The van der Waals surface area contributed by atoms with Crippen molar-refractivity contribution in [3.05, 3.63) is 29.8 Å². The minimum atomic E-state index is 0.148. The predicted molar refractivity (Wildman–Crippen MR) is 75.8 cm³/mol. The monoisotopic (exact) mass is 264 g/mol. The molecule has 1 atom stereocenters. The molecular formula is C14H20N2OS. The van der Waals surface area contributed by atoms with Gasteiger partial charge in [-0.3, -0.25) is 4.79 Å². The van der Waals surface area contributed by atoms with E-state index in [-0.39, 0.29) is 5.91 Å². The van der Waals surface area contributed by atoms with Crippen molar-refractivity contribution >= 4 is 17.7 Å². The van der Waals surface area contributed by atoms with Crippen molar-refractivity contribution in [2.24, 2.45) is 0 Å². The molecule has 0 aliphatic heterocycles. The third-order valence-corrected chi connectivity index (χ3v) is 4.14. The Kier molecular flexibility index (Phi) is 4.66.